The highest BCUT2D eigenvalue weighted by Crippen LogP contribution is 2.40. The van der Waals surface area contributed by atoms with Crippen LogP contribution in [0.25, 0.3) is 0 Å². The second kappa shape index (κ2) is 15.4. The second-order valence-corrected chi connectivity index (χ2v) is 16.2. The van der Waals surface area contributed by atoms with Crippen LogP contribution >= 0.6 is 15.8 Å². The van der Waals surface area contributed by atoms with Gasteiger partial charge in [-0.2, -0.15) is 52.7 Å². The molecule has 5 rings (SSSR count). The number of benzene rings is 4. The van der Waals surface area contributed by atoms with E-state index >= 15 is 0 Å². The van der Waals surface area contributed by atoms with Gasteiger partial charge in [0.05, 0.1) is 35.0 Å². The summed E-state index contributed by atoms with van der Waals surface area (Å²) in [4.78, 5) is 0. The Kier molecular flexibility index (Phi) is 12.3. The van der Waals surface area contributed by atoms with Gasteiger partial charge in [-0.1, -0.05) is 48.5 Å². The first kappa shape index (κ1) is 40.6. The first-order valence-corrected chi connectivity index (χ1v) is 18.3. The fourth-order valence-electron chi connectivity index (χ4n) is 4.97. The van der Waals surface area contributed by atoms with E-state index in [1.54, 1.807) is 20.5 Å². The van der Waals surface area contributed by atoms with E-state index in [1.807, 2.05) is 0 Å². The van der Waals surface area contributed by atoms with Gasteiger partial charge in [0.15, 0.2) is 5.79 Å². The third-order valence-corrected chi connectivity index (χ3v) is 12.4. The molecule has 2 nitrogen and oxygen atoms in total. The Morgan fingerprint density at radius 3 is 1.02 bits per heavy atom. The van der Waals surface area contributed by atoms with Crippen LogP contribution in [0.1, 0.15) is 36.1 Å². The molecule has 1 atom stereocenters. The molecule has 0 spiro atoms. The average molecular weight is 773 g/mol. The summed E-state index contributed by atoms with van der Waals surface area (Å²) in [5.74, 6) is -0.772. The van der Waals surface area contributed by atoms with Crippen molar-refractivity contribution in [1.82, 2.24) is 0 Å². The molecule has 1 unspecified atom stereocenters. The van der Waals surface area contributed by atoms with Crippen molar-refractivity contribution >= 4 is 37.1 Å². The Morgan fingerprint density at radius 1 is 0.510 bits per heavy atom. The van der Waals surface area contributed by atoms with E-state index in [0.717, 1.165) is 48.5 Å². The number of hydrogen-bond donors (Lipinski definition) is 0. The highest BCUT2D eigenvalue weighted by atomic mass is 31.1. The standard InChI is InChI=1S/C20H19F6O2P.C15H11F6P/c1-18(2)27-11-15(28-18)12-29(16-7-3-13(4-8-16)19(21,22)23)17-9-5-14(6-10-17)20(24,25)26;1-22(12-6-2-10(3-7-12)14(16,17)18)13-8-4-11(5-9-13)15(19,20)21/h3-10,15H,11-12H2,1-2H3;2-9H,1H3. The second-order valence-electron chi connectivity index (χ2n) is 11.8. The van der Waals surface area contributed by atoms with E-state index in [9.17, 15) is 52.7 Å². The minimum Gasteiger partial charge on any atom is -0.348 e. The van der Waals surface area contributed by atoms with E-state index in [2.05, 4.69) is 0 Å². The molecule has 0 bridgehead atoms. The lowest BCUT2D eigenvalue weighted by molar-refractivity contribution is -0.138. The summed E-state index contributed by atoms with van der Waals surface area (Å²) in [6.07, 6.45) is -17.6. The zero-order valence-electron chi connectivity index (χ0n) is 27.0. The molecule has 4 aromatic rings. The van der Waals surface area contributed by atoms with Gasteiger partial charge in [0.25, 0.3) is 0 Å². The quantitative estimate of drug-likeness (QED) is 0.144. The van der Waals surface area contributed by atoms with Crippen molar-refractivity contribution in [2.75, 3.05) is 19.4 Å². The van der Waals surface area contributed by atoms with Crippen molar-refractivity contribution in [1.29, 1.82) is 0 Å². The summed E-state index contributed by atoms with van der Waals surface area (Å²) in [5, 5.41) is 2.59. The maximum absolute atomic E-state index is 12.9. The smallest absolute Gasteiger partial charge is 0.348 e. The van der Waals surface area contributed by atoms with Crippen LogP contribution in [0.4, 0.5) is 52.7 Å². The number of halogens is 12. The molecule has 0 aromatic heterocycles. The minimum absolute atomic E-state index is 0.305. The predicted molar refractivity (Wildman–Crippen MR) is 174 cm³/mol. The summed E-state index contributed by atoms with van der Waals surface area (Å²) < 4.78 is 164. The van der Waals surface area contributed by atoms with Crippen LogP contribution in [0.2, 0.25) is 0 Å². The monoisotopic (exact) mass is 772 g/mol. The van der Waals surface area contributed by atoms with E-state index in [4.69, 9.17) is 9.47 Å². The van der Waals surface area contributed by atoms with Gasteiger partial charge < -0.3 is 9.47 Å². The third-order valence-electron chi connectivity index (χ3n) is 7.63. The summed E-state index contributed by atoms with van der Waals surface area (Å²) in [5.41, 5.74) is -3.03. The number of rotatable bonds is 6. The van der Waals surface area contributed by atoms with E-state index in [-0.39, 0.29) is 6.10 Å². The van der Waals surface area contributed by atoms with Crippen LogP contribution in [0, 0.1) is 0 Å². The van der Waals surface area contributed by atoms with E-state index in [0.29, 0.717) is 34.0 Å². The zero-order chi connectivity index (χ0) is 38.0. The summed E-state index contributed by atoms with van der Waals surface area (Å²) in [6.45, 7) is 5.62. The largest absolute Gasteiger partial charge is 0.416 e. The highest BCUT2D eigenvalue weighted by Gasteiger charge is 2.36. The van der Waals surface area contributed by atoms with Crippen molar-refractivity contribution in [3.8, 4) is 0 Å². The van der Waals surface area contributed by atoms with E-state index < -0.39 is 68.6 Å². The van der Waals surface area contributed by atoms with Crippen molar-refractivity contribution in [3.63, 3.8) is 0 Å². The maximum atomic E-state index is 12.9. The van der Waals surface area contributed by atoms with Gasteiger partial charge in [0.1, 0.15) is 0 Å². The molecule has 0 saturated carbocycles. The topological polar surface area (TPSA) is 18.5 Å². The fraction of sp³-hybridized carbons (Fsp3) is 0.314. The van der Waals surface area contributed by atoms with Crippen LogP contribution in [0.5, 0.6) is 0 Å². The van der Waals surface area contributed by atoms with Gasteiger partial charge in [-0.15, -0.1) is 0 Å². The normalized spacial score (nSPS) is 16.7. The first-order valence-electron chi connectivity index (χ1n) is 15.0. The van der Waals surface area contributed by atoms with Gasteiger partial charge >= 0.3 is 24.7 Å². The van der Waals surface area contributed by atoms with Crippen molar-refractivity contribution < 1.29 is 62.2 Å². The van der Waals surface area contributed by atoms with Crippen LogP contribution < -0.4 is 21.2 Å². The Bertz CT molecular complexity index is 1600. The Hall–Kier alpha value is -3.18. The molecule has 0 aliphatic carbocycles. The molecule has 16 heteroatoms. The zero-order valence-corrected chi connectivity index (χ0v) is 28.8. The molecule has 1 fully saturated rings. The molecular formula is C35H30F12O2P2. The molecule has 1 aliphatic rings. The van der Waals surface area contributed by atoms with Gasteiger partial charge in [-0.05, 0) is 106 Å². The third kappa shape index (κ3) is 11.2. The Labute approximate surface area is 288 Å². The fourth-order valence-corrected chi connectivity index (χ4v) is 8.79. The van der Waals surface area contributed by atoms with Crippen LogP contribution in [0.15, 0.2) is 97.1 Å². The lowest BCUT2D eigenvalue weighted by Crippen LogP contribution is -2.26. The van der Waals surface area contributed by atoms with Crippen LogP contribution in [-0.2, 0) is 34.2 Å². The molecule has 0 N–H and O–H groups in total. The SMILES string of the molecule is CC1(C)OCC(CP(c2ccc(C(F)(F)F)cc2)c2ccc(C(F)(F)F)cc2)O1.CP(c1ccc(C(F)(F)F)cc1)c1ccc(C(F)(F)F)cc1. The molecule has 0 radical (unpaired) electrons. The lowest BCUT2D eigenvalue weighted by Gasteiger charge is -2.23. The lowest BCUT2D eigenvalue weighted by atomic mass is 10.2. The van der Waals surface area contributed by atoms with Crippen molar-refractivity contribution in [2.45, 2.75) is 50.4 Å². The summed E-state index contributed by atoms with van der Waals surface area (Å²) in [6, 6.07) is 18.9. The first-order chi connectivity index (χ1) is 23.4. The molecule has 0 amide bonds. The highest BCUT2D eigenvalue weighted by molar-refractivity contribution is 7.73. The Morgan fingerprint density at radius 2 is 0.784 bits per heavy atom. The summed E-state index contributed by atoms with van der Waals surface area (Å²) in [7, 11) is -2.24. The average Bonchev–Trinajstić information content (AvgIpc) is 3.40. The van der Waals surface area contributed by atoms with Gasteiger partial charge in [-0.25, -0.2) is 0 Å². The molecular weight excluding hydrogens is 742 g/mol. The van der Waals surface area contributed by atoms with E-state index in [1.165, 1.54) is 48.5 Å². The number of ether oxygens (including phenoxy) is 2. The Balaban J connectivity index is 0.000000238. The molecule has 1 saturated heterocycles. The maximum Gasteiger partial charge on any atom is 0.416 e. The van der Waals surface area contributed by atoms with Crippen molar-refractivity contribution in [3.05, 3.63) is 119 Å². The number of alkyl halides is 12. The molecule has 1 aliphatic heterocycles. The summed E-state index contributed by atoms with van der Waals surface area (Å²) >= 11 is 0. The molecule has 51 heavy (non-hydrogen) atoms. The molecule has 4 aromatic carbocycles. The van der Waals surface area contributed by atoms with Crippen molar-refractivity contribution in [2.24, 2.45) is 0 Å². The van der Waals surface area contributed by atoms with Crippen LogP contribution in [-0.4, -0.2) is 31.3 Å². The van der Waals surface area contributed by atoms with Gasteiger partial charge in [-0.3, -0.25) is 0 Å². The van der Waals surface area contributed by atoms with Gasteiger partial charge in [0.2, 0.25) is 0 Å². The molecule has 1 heterocycles. The molecule has 276 valence electrons. The minimum atomic E-state index is -4.46. The predicted octanol–water partition coefficient (Wildman–Crippen LogP) is 10.1. The number of hydrogen-bond acceptors (Lipinski definition) is 2. The van der Waals surface area contributed by atoms with Gasteiger partial charge in [0, 0.05) is 6.16 Å². The van der Waals surface area contributed by atoms with Crippen LogP contribution in [0.3, 0.4) is 0 Å².